The van der Waals surface area contributed by atoms with Crippen molar-refractivity contribution in [3.05, 3.63) is 57.6 Å². The minimum atomic E-state index is -0.907. The van der Waals surface area contributed by atoms with Gasteiger partial charge in [-0.25, -0.2) is 5.10 Å². The zero-order valence-corrected chi connectivity index (χ0v) is 17.4. The Balaban J connectivity index is 2.32. The van der Waals surface area contributed by atoms with Crippen LogP contribution in [0.25, 0.3) is 0 Å². The number of aliphatic hydroxyl groups excluding tert-OH is 2. The number of rotatable bonds is 5. The van der Waals surface area contributed by atoms with Crippen LogP contribution in [0.3, 0.4) is 0 Å². The second kappa shape index (κ2) is 8.62. The maximum Gasteiger partial charge on any atom is 0.222 e. The average Bonchev–Trinajstić information content (AvgIpc) is 3.10. The third-order valence-electron chi connectivity index (χ3n) is 5.46. The first-order valence-corrected chi connectivity index (χ1v) is 9.88. The van der Waals surface area contributed by atoms with Gasteiger partial charge < -0.3 is 20.7 Å². The van der Waals surface area contributed by atoms with Crippen LogP contribution in [0.1, 0.15) is 54.6 Å². The molecule has 0 spiro atoms. The minimum Gasteiger partial charge on any atom is -0.422 e. The lowest BCUT2D eigenvalue weighted by Crippen LogP contribution is -2.41. The number of H-pyrrole nitrogens is 1. The summed E-state index contributed by atoms with van der Waals surface area (Å²) in [5.41, 5.74) is 9.25. The van der Waals surface area contributed by atoms with E-state index in [0.717, 1.165) is 16.7 Å². The van der Waals surface area contributed by atoms with Gasteiger partial charge in [0.15, 0.2) is 0 Å². The number of hydrogen-bond donors (Lipinski definition) is 4. The number of nitrogens with one attached hydrogen (secondary N) is 1. The summed E-state index contributed by atoms with van der Waals surface area (Å²) in [4.78, 5) is 0. The van der Waals surface area contributed by atoms with Crippen molar-refractivity contribution in [1.29, 1.82) is 5.26 Å². The average molecular weight is 406 g/mol. The van der Waals surface area contributed by atoms with Gasteiger partial charge in [-0.1, -0.05) is 31.8 Å². The van der Waals surface area contributed by atoms with E-state index in [4.69, 9.17) is 15.6 Å². The Bertz CT molecular complexity index is 1080. The molecule has 0 amide bonds. The summed E-state index contributed by atoms with van der Waals surface area (Å²) in [6, 6.07) is 7.89. The van der Waals surface area contributed by atoms with E-state index in [1.165, 1.54) is 0 Å². The van der Waals surface area contributed by atoms with Gasteiger partial charge in [0.05, 0.1) is 23.3 Å². The molecule has 0 saturated heterocycles. The summed E-state index contributed by atoms with van der Waals surface area (Å²) in [5.74, 6) is 6.54. The summed E-state index contributed by atoms with van der Waals surface area (Å²) in [7, 11) is 0. The maximum absolute atomic E-state index is 10.1. The van der Waals surface area contributed by atoms with Crippen LogP contribution in [0.5, 0.6) is 5.88 Å². The molecular weight excluding hydrogens is 380 g/mol. The van der Waals surface area contributed by atoms with Gasteiger partial charge in [0.2, 0.25) is 11.8 Å². The Morgan fingerprint density at radius 3 is 2.70 bits per heavy atom. The number of ether oxygens (including phenoxy) is 1. The number of nitrogens with zero attached hydrogens (tertiary/aromatic N) is 2. The first kappa shape index (κ1) is 21.4. The standard InChI is InChI=1S/C23H26N4O3/c1-14(2)23(19(12-24)21(25)30-22-20(23)15(3)26-27-22)18-10-16(7-5-4-6-8-28)9-17(11-18)13-29/h9-11,14,28-29H,4,6,8,13,25H2,1-3H3,(H,26,27). The number of aryl methyl sites for hydroxylation is 1. The molecule has 1 atom stereocenters. The lowest BCUT2D eigenvalue weighted by atomic mass is 9.61. The van der Waals surface area contributed by atoms with Gasteiger partial charge in [0.25, 0.3) is 0 Å². The highest BCUT2D eigenvalue weighted by atomic mass is 16.5. The van der Waals surface area contributed by atoms with Gasteiger partial charge in [-0.3, -0.25) is 0 Å². The van der Waals surface area contributed by atoms with Crippen molar-refractivity contribution >= 4 is 0 Å². The topological polar surface area (TPSA) is 128 Å². The fraction of sp³-hybridized carbons (Fsp3) is 0.391. The van der Waals surface area contributed by atoms with E-state index < -0.39 is 5.41 Å². The van der Waals surface area contributed by atoms with Gasteiger partial charge in [-0.05, 0) is 42.5 Å². The van der Waals surface area contributed by atoms with Crippen molar-refractivity contribution in [2.75, 3.05) is 6.61 Å². The molecule has 5 N–H and O–H groups in total. The Morgan fingerprint density at radius 1 is 1.30 bits per heavy atom. The van der Waals surface area contributed by atoms with Crippen molar-refractivity contribution in [2.45, 2.75) is 45.6 Å². The summed E-state index contributed by atoms with van der Waals surface area (Å²) >= 11 is 0. The SMILES string of the molecule is Cc1n[nH]c2c1C(c1cc(C#CCCCO)cc(CO)c1)(C(C)C)C(C#N)=C(N)O2. The second-order valence-electron chi connectivity index (χ2n) is 7.63. The Morgan fingerprint density at radius 2 is 2.07 bits per heavy atom. The third-order valence-corrected chi connectivity index (χ3v) is 5.46. The zero-order chi connectivity index (χ0) is 21.9. The summed E-state index contributed by atoms with van der Waals surface area (Å²) in [5, 5.41) is 36.1. The van der Waals surface area contributed by atoms with E-state index in [-0.39, 0.29) is 25.0 Å². The second-order valence-corrected chi connectivity index (χ2v) is 7.63. The molecule has 1 aliphatic rings. The monoisotopic (exact) mass is 406 g/mol. The number of aliphatic hydroxyl groups is 2. The molecule has 1 aliphatic heterocycles. The fourth-order valence-corrected chi connectivity index (χ4v) is 4.19. The first-order valence-electron chi connectivity index (χ1n) is 9.88. The van der Waals surface area contributed by atoms with Gasteiger partial charge in [0, 0.05) is 18.6 Å². The number of nitrogens with two attached hydrogens (primary N) is 1. The van der Waals surface area contributed by atoms with Crippen LogP contribution >= 0.6 is 0 Å². The van der Waals surface area contributed by atoms with E-state index in [0.29, 0.717) is 35.6 Å². The van der Waals surface area contributed by atoms with Crippen molar-refractivity contribution in [2.24, 2.45) is 11.7 Å². The third kappa shape index (κ3) is 3.43. The summed E-state index contributed by atoms with van der Waals surface area (Å²) in [6.45, 7) is 5.82. The van der Waals surface area contributed by atoms with E-state index in [1.54, 1.807) is 0 Å². The molecule has 1 aromatic carbocycles. The number of benzene rings is 1. The first-order chi connectivity index (χ1) is 14.4. The van der Waals surface area contributed by atoms with Crippen LogP contribution < -0.4 is 10.5 Å². The van der Waals surface area contributed by atoms with Gasteiger partial charge in [0.1, 0.15) is 11.6 Å². The fourth-order valence-electron chi connectivity index (χ4n) is 4.19. The van der Waals surface area contributed by atoms with Crippen LogP contribution in [0.4, 0.5) is 0 Å². The quantitative estimate of drug-likeness (QED) is 0.446. The number of unbranched alkanes of at least 4 members (excludes halogenated alkanes) is 1. The van der Waals surface area contributed by atoms with Crippen LogP contribution in [-0.4, -0.2) is 27.0 Å². The number of nitriles is 1. The summed E-state index contributed by atoms with van der Waals surface area (Å²) in [6.07, 6.45) is 1.17. The number of fused-ring (bicyclic) bond motifs is 1. The lowest BCUT2D eigenvalue weighted by Gasteiger charge is -2.41. The van der Waals surface area contributed by atoms with Crippen molar-refractivity contribution < 1.29 is 14.9 Å². The highest BCUT2D eigenvalue weighted by Crippen LogP contribution is 2.52. The van der Waals surface area contributed by atoms with Crippen LogP contribution in [0, 0.1) is 36.0 Å². The Hall–Kier alpha value is -3.26. The van der Waals surface area contributed by atoms with Crippen LogP contribution in [0.2, 0.25) is 0 Å². The normalized spacial score (nSPS) is 17.8. The number of aromatic amines is 1. The molecule has 156 valence electrons. The predicted molar refractivity (Wildman–Crippen MR) is 112 cm³/mol. The van der Waals surface area contributed by atoms with E-state index in [2.05, 4.69) is 28.1 Å². The molecule has 0 fully saturated rings. The molecule has 0 radical (unpaired) electrons. The molecule has 0 aliphatic carbocycles. The Labute approximate surface area is 176 Å². The lowest BCUT2D eigenvalue weighted by molar-refractivity contribution is 0.281. The molecule has 1 aromatic heterocycles. The number of allylic oxidation sites excluding steroid dienone is 1. The maximum atomic E-state index is 10.1. The van der Waals surface area contributed by atoms with E-state index in [9.17, 15) is 10.4 Å². The Kier molecular flexibility index (Phi) is 6.17. The van der Waals surface area contributed by atoms with Crippen molar-refractivity contribution in [3.8, 4) is 23.8 Å². The van der Waals surface area contributed by atoms with Crippen molar-refractivity contribution in [1.82, 2.24) is 10.2 Å². The smallest absolute Gasteiger partial charge is 0.222 e. The minimum absolute atomic E-state index is 0.0346. The molecule has 3 rings (SSSR count). The highest BCUT2D eigenvalue weighted by Gasteiger charge is 2.50. The number of hydrogen-bond acceptors (Lipinski definition) is 6. The molecule has 0 bridgehead atoms. The predicted octanol–water partition coefficient (Wildman–Crippen LogP) is 2.36. The van der Waals surface area contributed by atoms with Gasteiger partial charge >= 0.3 is 0 Å². The van der Waals surface area contributed by atoms with E-state index >= 15 is 0 Å². The van der Waals surface area contributed by atoms with Crippen LogP contribution in [0.15, 0.2) is 29.7 Å². The van der Waals surface area contributed by atoms with Gasteiger partial charge in [-0.2, -0.15) is 10.4 Å². The largest absolute Gasteiger partial charge is 0.422 e. The van der Waals surface area contributed by atoms with Gasteiger partial charge in [-0.15, -0.1) is 0 Å². The highest BCUT2D eigenvalue weighted by molar-refractivity contribution is 5.63. The molecule has 1 unspecified atom stereocenters. The summed E-state index contributed by atoms with van der Waals surface area (Å²) < 4.78 is 5.68. The molecule has 2 aromatic rings. The van der Waals surface area contributed by atoms with Crippen molar-refractivity contribution in [3.63, 3.8) is 0 Å². The molecule has 0 saturated carbocycles. The molecule has 7 heteroatoms. The molecular formula is C23H26N4O3. The molecule has 30 heavy (non-hydrogen) atoms. The zero-order valence-electron chi connectivity index (χ0n) is 17.4. The molecule has 7 nitrogen and oxygen atoms in total. The molecule has 2 heterocycles. The van der Waals surface area contributed by atoms with Crippen LogP contribution in [-0.2, 0) is 12.0 Å². The number of aromatic nitrogens is 2. The van der Waals surface area contributed by atoms with E-state index in [1.807, 2.05) is 39.0 Å².